The number of methoxy groups -OCH3 is 1. The minimum absolute atomic E-state index is 0.377. The number of alkyl halides is 3. The Bertz CT molecular complexity index is 870. The minimum atomic E-state index is -4.41. The first-order valence-corrected chi connectivity index (χ1v) is 7.70. The molecule has 0 amide bonds. The monoisotopic (exact) mass is 347 g/mol. The van der Waals surface area contributed by atoms with Gasteiger partial charge in [0, 0.05) is 17.7 Å². The Balaban J connectivity index is 2.14. The molecule has 3 aromatic rings. The fourth-order valence-electron chi connectivity index (χ4n) is 2.57. The molecular weight excluding hydrogens is 331 g/mol. The topological polar surface area (TPSA) is 39.9 Å². The highest BCUT2D eigenvalue weighted by atomic mass is 19.4. The SMILES string of the molecule is CCc1nnc(-c2ccc(OC)cc2)n1-c1cccc(C(F)(F)F)c1. The van der Waals surface area contributed by atoms with Crippen LogP contribution in [0.3, 0.4) is 0 Å². The number of ether oxygens (including phenoxy) is 1. The van der Waals surface area contributed by atoms with E-state index in [2.05, 4.69) is 10.2 Å². The molecule has 0 aliphatic heterocycles. The van der Waals surface area contributed by atoms with Gasteiger partial charge in [0.25, 0.3) is 0 Å². The first-order valence-electron chi connectivity index (χ1n) is 7.70. The van der Waals surface area contributed by atoms with Crippen molar-refractivity contribution in [2.45, 2.75) is 19.5 Å². The number of aryl methyl sites for hydroxylation is 1. The summed E-state index contributed by atoms with van der Waals surface area (Å²) in [5.74, 6) is 1.76. The van der Waals surface area contributed by atoms with E-state index in [0.717, 1.165) is 17.7 Å². The molecule has 0 saturated carbocycles. The lowest BCUT2D eigenvalue weighted by Crippen LogP contribution is -2.08. The zero-order valence-electron chi connectivity index (χ0n) is 13.7. The standard InChI is InChI=1S/C18H16F3N3O/c1-3-16-22-23-17(12-7-9-15(25-2)10-8-12)24(16)14-6-4-5-13(11-14)18(19,20)21/h4-11H,3H2,1-2H3. The lowest BCUT2D eigenvalue weighted by Gasteiger charge is -2.13. The summed E-state index contributed by atoms with van der Waals surface area (Å²) in [6.07, 6.45) is -3.87. The van der Waals surface area contributed by atoms with Crippen molar-refractivity contribution >= 4 is 0 Å². The van der Waals surface area contributed by atoms with Crippen molar-refractivity contribution in [1.82, 2.24) is 14.8 Å². The Morgan fingerprint density at radius 2 is 1.76 bits per heavy atom. The largest absolute Gasteiger partial charge is 0.497 e. The third-order valence-electron chi connectivity index (χ3n) is 3.83. The molecule has 2 aromatic carbocycles. The molecule has 1 heterocycles. The Hall–Kier alpha value is -2.83. The lowest BCUT2D eigenvalue weighted by atomic mass is 10.1. The average Bonchev–Trinajstić information content (AvgIpc) is 3.05. The fourth-order valence-corrected chi connectivity index (χ4v) is 2.57. The Kier molecular flexibility index (Phi) is 4.48. The molecule has 0 bridgehead atoms. The van der Waals surface area contributed by atoms with Crippen LogP contribution in [0, 0.1) is 0 Å². The molecule has 0 spiro atoms. The molecule has 0 radical (unpaired) electrons. The summed E-state index contributed by atoms with van der Waals surface area (Å²) >= 11 is 0. The molecule has 1 aromatic heterocycles. The van der Waals surface area contributed by atoms with Crippen molar-refractivity contribution in [3.63, 3.8) is 0 Å². The second-order valence-electron chi connectivity index (χ2n) is 5.41. The quantitative estimate of drug-likeness (QED) is 0.696. The predicted molar refractivity (Wildman–Crippen MR) is 87.7 cm³/mol. The molecule has 0 aliphatic rings. The number of benzene rings is 2. The van der Waals surface area contributed by atoms with E-state index in [1.807, 2.05) is 6.92 Å². The zero-order valence-corrected chi connectivity index (χ0v) is 13.7. The van der Waals surface area contributed by atoms with Crippen LogP contribution in [0.1, 0.15) is 18.3 Å². The summed E-state index contributed by atoms with van der Waals surface area (Å²) < 4.78 is 45.9. The van der Waals surface area contributed by atoms with Gasteiger partial charge in [-0.15, -0.1) is 10.2 Å². The molecule has 0 atom stereocenters. The van der Waals surface area contributed by atoms with Gasteiger partial charge in [0.15, 0.2) is 5.82 Å². The van der Waals surface area contributed by atoms with Gasteiger partial charge >= 0.3 is 6.18 Å². The van der Waals surface area contributed by atoms with Gasteiger partial charge in [-0.05, 0) is 42.5 Å². The van der Waals surface area contributed by atoms with Crippen LogP contribution in [0.25, 0.3) is 17.1 Å². The van der Waals surface area contributed by atoms with Gasteiger partial charge in [-0.3, -0.25) is 4.57 Å². The van der Waals surface area contributed by atoms with Gasteiger partial charge in [-0.1, -0.05) is 13.0 Å². The summed E-state index contributed by atoms with van der Waals surface area (Å²) in [6, 6.07) is 12.3. The van der Waals surface area contributed by atoms with Crippen LogP contribution >= 0.6 is 0 Å². The second-order valence-corrected chi connectivity index (χ2v) is 5.41. The fraction of sp³-hybridized carbons (Fsp3) is 0.222. The van der Waals surface area contributed by atoms with Crippen LogP contribution in [0.15, 0.2) is 48.5 Å². The molecule has 0 fully saturated rings. The van der Waals surface area contributed by atoms with E-state index in [0.29, 0.717) is 29.5 Å². The molecule has 0 N–H and O–H groups in total. The van der Waals surface area contributed by atoms with E-state index in [4.69, 9.17) is 4.74 Å². The maximum Gasteiger partial charge on any atom is 0.416 e. The predicted octanol–water partition coefficient (Wildman–Crippen LogP) is 4.52. The minimum Gasteiger partial charge on any atom is -0.497 e. The maximum atomic E-state index is 13.0. The summed E-state index contributed by atoms with van der Waals surface area (Å²) in [6.45, 7) is 1.88. The van der Waals surface area contributed by atoms with Crippen LogP contribution in [0.5, 0.6) is 5.75 Å². The van der Waals surface area contributed by atoms with E-state index in [1.165, 1.54) is 6.07 Å². The van der Waals surface area contributed by atoms with Gasteiger partial charge in [0.05, 0.1) is 12.7 Å². The van der Waals surface area contributed by atoms with E-state index in [1.54, 1.807) is 42.0 Å². The smallest absolute Gasteiger partial charge is 0.416 e. The number of nitrogens with zero attached hydrogens (tertiary/aromatic N) is 3. The van der Waals surface area contributed by atoms with E-state index in [9.17, 15) is 13.2 Å². The zero-order chi connectivity index (χ0) is 18.0. The third-order valence-corrected chi connectivity index (χ3v) is 3.83. The van der Waals surface area contributed by atoms with Crippen LogP contribution in [-0.4, -0.2) is 21.9 Å². The molecule has 0 unspecified atom stereocenters. The number of halogens is 3. The lowest BCUT2D eigenvalue weighted by molar-refractivity contribution is -0.137. The van der Waals surface area contributed by atoms with Gasteiger partial charge in [-0.25, -0.2) is 0 Å². The van der Waals surface area contributed by atoms with Crippen molar-refractivity contribution in [1.29, 1.82) is 0 Å². The highest BCUT2D eigenvalue weighted by Crippen LogP contribution is 2.32. The van der Waals surface area contributed by atoms with Crippen LogP contribution in [-0.2, 0) is 12.6 Å². The highest BCUT2D eigenvalue weighted by Gasteiger charge is 2.31. The normalized spacial score (nSPS) is 11.6. The average molecular weight is 347 g/mol. The number of rotatable bonds is 4. The Morgan fingerprint density at radius 3 is 2.36 bits per heavy atom. The Labute approximate surface area is 142 Å². The summed E-state index contributed by atoms with van der Waals surface area (Å²) in [7, 11) is 1.56. The van der Waals surface area contributed by atoms with Crippen LogP contribution in [0.4, 0.5) is 13.2 Å². The van der Waals surface area contributed by atoms with Crippen LogP contribution < -0.4 is 4.74 Å². The molecule has 0 aliphatic carbocycles. The first-order chi connectivity index (χ1) is 11.9. The number of hydrogen-bond donors (Lipinski definition) is 0. The van der Waals surface area contributed by atoms with Gasteiger partial charge in [-0.2, -0.15) is 13.2 Å². The number of aromatic nitrogens is 3. The van der Waals surface area contributed by atoms with Crippen molar-refractivity contribution in [3.05, 3.63) is 59.9 Å². The molecule has 4 nitrogen and oxygen atoms in total. The summed E-state index contributed by atoms with van der Waals surface area (Å²) in [4.78, 5) is 0. The van der Waals surface area contributed by atoms with Gasteiger partial charge in [0.2, 0.25) is 0 Å². The van der Waals surface area contributed by atoms with Gasteiger partial charge < -0.3 is 4.74 Å². The van der Waals surface area contributed by atoms with Gasteiger partial charge in [0.1, 0.15) is 11.6 Å². The first kappa shape index (κ1) is 17.0. The van der Waals surface area contributed by atoms with E-state index < -0.39 is 11.7 Å². The maximum absolute atomic E-state index is 13.0. The summed E-state index contributed by atoms with van der Waals surface area (Å²) in [5.41, 5.74) is 0.411. The number of hydrogen-bond acceptors (Lipinski definition) is 3. The third kappa shape index (κ3) is 3.35. The highest BCUT2D eigenvalue weighted by molar-refractivity contribution is 5.60. The van der Waals surface area contributed by atoms with Crippen LogP contribution in [0.2, 0.25) is 0 Å². The van der Waals surface area contributed by atoms with Crippen molar-refractivity contribution < 1.29 is 17.9 Å². The molecule has 3 rings (SSSR count). The summed E-state index contributed by atoms with van der Waals surface area (Å²) in [5, 5.41) is 8.29. The second kappa shape index (κ2) is 6.58. The molecular formula is C18H16F3N3O. The van der Waals surface area contributed by atoms with E-state index in [-0.39, 0.29) is 0 Å². The molecule has 0 saturated heterocycles. The Morgan fingerprint density at radius 1 is 1.04 bits per heavy atom. The molecule has 7 heteroatoms. The molecule has 130 valence electrons. The van der Waals surface area contributed by atoms with Crippen molar-refractivity contribution in [2.75, 3.05) is 7.11 Å². The van der Waals surface area contributed by atoms with E-state index >= 15 is 0 Å². The van der Waals surface area contributed by atoms with Crippen molar-refractivity contribution in [3.8, 4) is 22.8 Å². The molecule has 25 heavy (non-hydrogen) atoms. The van der Waals surface area contributed by atoms with Crippen molar-refractivity contribution in [2.24, 2.45) is 0 Å².